The van der Waals surface area contributed by atoms with Crippen molar-refractivity contribution in [2.45, 2.75) is 33.3 Å². The Balaban J connectivity index is 2.07. The smallest absolute Gasteiger partial charge is 0.343 e. The minimum absolute atomic E-state index is 0.0715. The molecule has 0 bridgehead atoms. The summed E-state index contributed by atoms with van der Waals surface area (Å²) < 4.78 is 10.7. The fourth-order valence-electron chi connectivity index (χ4n) is 3.05. The van der Waals surface area contributed by atoms with Gasteiger partial charge in [0.15, 0.2) is 0 Å². The molecule has 35 heavy (non-hydrogen) atoms. The molecule has 0 radical (unpaired) electrons. The highest BCUT2D eigenvalue weighted by atomic mass is 16.6. The molecule has 0 aliphatic rings. The summed E-state index contributed by atoms with van der Waals surface area (Å²) in [7, 11) is 0. The van der Waals surface area contributed by atoms with Crippen molar-refractivity contribution in [1.82, 2.24) is 4.90 Å². The lowest BCUT2D eigenvalue weighted by Crippen LogP contribution is -2.39. The van der Waals surface area contributed by atoms with Gasteiger partial charge in [-0.25, -0.2) is 4.79 Å². The van der Waals surface area contributed by atoms with E-state index in [2.05, 4.69) is 6.58 Å². The van der Waals surface area contributed by atoms with Gasteiger partial charge in [-0.2, -0.15) is 0 Å². The fraction of sp³-hybridized carbons (Fsp3) is 0.259. The standard InChI is InChI=1S/C27H31N3O5/c1-6-15-30(17-23(31)35-27(3,4)5)25(32)18(2)16-19-7-9-21(10-8-19)26(33)34-22-13-11-20(12-14-22)24(28)29/h6-14,16H,1,15,17H2,2-5H3,(H3,28,29)/b18-16+. The van der Waals surface area contributed by atoms with Crippen molar-refractivity contribution >= 4 is 29.8 Å². The Hall–Kier alpha value is -4.20. The largest absolute Gasteiger partial charge is 0.459 e. The number of carbonyl (C=O) groups is 3. The minimum Gasteiger partial charge on any atom is -0.459 e. The summed E-state index contributed by atoms with van der Waals surface area (Å²) >= 11 is 0. The Morgan fingerprint density at radius 2 is 1.60 bits per heavy atom. The van der Waals surface area contributed by atoms with Crippen LogP contribution in [-0.4, -0.2) is 47.3 Å². The quantitative estimate of drug-likeness (QED) is 0.141. The Morgan fingerprint density at radius 3 is 2.11 bits per heavy atom. The number of nitrogens with one attached hydrogen (secondary N) is 1. The molecule has 0 aliphatic heterocycles. The molecule has 0 spiro atoms. The Morgan fingerprint density at radius 1 is 1.03 bits per heavy atom. The molecule has 0 saturated carbocycles. The zero-order chi connectivity index (χ0) is 26.2. The van der Waals surface area contributed by atoms with Gasteiger partial charge in [-0.3, -0.25) is 15.0 Å². The van der Waals surface area contributed by atoms with Crippen molar-refractivity contribution in [2.24, 2.45) is 5.73 Å². The Kier molecular flexibility index (Phi) is 9.11. The third kappa shape index (κ3) is 8.58. The van der Waals surface area contributed by atoms with Gasteiger partial charge in [0.1, 0.15) is 23.7 Å². The molecule has 0 aliphatic carbocycles. The van der Waals surface area contributed by atoms with Crippen LogP contribution in [0.3, 0.4) is 0 Å². The van der Waals surface area contributed by atoms with Crippen LogP contribution in [0.25, 0.3) is 6.08 Å². The number of amidine groups is 1. The molecule has 8 heteroatoms. The fourth-order valence-corrected chi connectivity index (χ4v) is 3.05. The van der Waals surface area contributed by atoms with Crippen molar-refractivity contribution in [2.75, 3.05) is 13.1 Å². The SMILES string of the molecule is C=CCN(CC(=O)OC(C)(C)C)C(=O)/C(C)=C/c1ccc(C(=O)Oc2ccc(C(=N)N)cc2)cc1. The van der Waals surface area contributed by atoms with E-state index in [1.165, 1.54) is 4.90 Å². The molecule has 8 nitrogen and oxygen atoms in total. The number of nitrogens with zero attached hydrogens (tertiary/aromatic N) is 1. The number of nitrogens with two attached hydrogens (primary N) is 1. The highest BCUT2D eigenvalue weighted by Gasteiger charge is 2.22. The molecule has 2 aromatic carbocycles. The molecule has 0 atom stereocenters. The third-order valence-electron chi connectivity index (χ3n) is 4.62. The number of rotatable bonds is 9. The van der Waals surface area contributed by atoms with Gasteiger partial charge >= 0.3 is 11.9 Å². The van der Waals surface area contributed by atoms with E-state index in [4.69, 9.17) is 20.6 Å². The molecule has 0 unspecified atom stereocenters. The first-order valence-electron chi connectivity index (χ1n) is 11.0. The summed E-state index contributed by atoms with van der Waals surface area (Å²) in [6.07, 6.45) is 3.22. The van der Waals surface area contributed by atoms with E-state index < -0.39 is 17.5 Å². The normalized spacial score (nSPS) is 11.4. The zero-order valence-electron chi connectivity index (χ0n) is 20.5. The number of nitrogen functional groups attached to an aromatic ring is 1. The summed E-state index contributed by atoms with van der Waals surface area (Å²) in [6.45, 7) is 10.6. The molecule has 0 aromatic heterocycles. The summed E-state index contributed by atoms with van der Waals surface area (Å²) in [5.74, 6) is -1.11. The summed E-state index contributed by atoms with van der Waals surface area (Å²) in [5, 5.41) is 7.40. The molecular formula is C27H31N3O5. The van der Waals surface area contributed by atoms with Gasteiger partial charge in [0.2, 0.25) is 5.91 Å². The van der Waals surface area contributed by atoms with Crippen LogP contribution in [0.15, 0.2) is 66.8 Å². The van der Waals surface area contributed by atoms with Crippen LogP contribution in [0, 0.1) is 5.41 Å². The molecule has 3 N–H and O–H groups in total. The summed E-state index contributed by atoms with van der Waals surface area (Å²) in [6, 6.07) is 12.9. The highest BCUT2D eigenvalue weighted by molar-refractivity contribution is 5.99. The zero-order valence-corrected chi connectivity index (χ0v) is 20.5. The predicted molar refractivity (Wildman–Crippen MR) is 135 cm³/mol. The maximum atomic E-state index is 12.9. The van der Waals surface area contributed by atoms with Gasteiger partial charge in [-0.05, 0) is 75.7 Å². The van der Waals surface area contributed by atoms with E-state index in [1.54, 1.807) is 88.4 Å². The van der Waals surface area contributed by atoms with Crippen LogP contribution in [0.5, 0.6) is 5.75 Å². The van der Waals surface area contributed by atoms with Crippen molar-refractivity contribution in [3.05, 3.63) is 83.4 Å². The van der Waals surface area contributed by atoms with Crippen LogP contribution in [-0.2, 0) is 14.3 Å². The van der Waals surface area contributed by atoms with E-state index in [9.17, 15) is 14.4 Å². The lowest BCUT2D eigenvalue weighted by molar-refractivity contribution is -0.158. The number of hydrogen-bond acceptors (Lipinski definition) is 6. The first-order valence-corrected chi connectivity index (χ1v) is 11.0. The number of ether oxygens (including phenoxy) is 2. The van der Waals surface area contributed by atoms with Crippen molar-refractivity contribution in [3.63, 3.8) is 0 Å². The van der Waals surface area contributed by atoms with Gasteiger partial charge in [0.05, 0.1) is 5.56 Å². The second kappa shape index (κ2) is 11.8. The van der Waals surface area contributed by atoms with Crippen LogP contribution < -0.4 is 10.5 Å². The molecule has 1 amide bonds. The Labute approximate surface area is 205 Å². The molecule has 2 rings (SSSR count). The van der Waals surface area contributed by atoms with Crippen LogP contribution in [0.1, 0.15) is 49.2 Å². The molecule has 0 fully saturated rings. The Bertz CT molecular complexity index is 1130. The second-order valence-electron chi connectivity index (χ2n) is 8.84. The third-order valence-corrected chi connectivity index (χ3v) is 4.62. The highest BCUT2D eigenvalue weighted by Crippen LogP contribution is 2.16. The number of amides is 1. The lowest BCUT2D eigenvalue weighted by Gasteiger charge is -2.24. The number of esters is 2. The van der Waals surface area contributed by atoms with Gasteiger partial charge in [-0.15, -0.1) is 6.58 Å². The second-order valence-corrected chi connectivity index (χ2v) is 8.84. The van der Waals surface area contributed by atoms with Crippen molar-refractivity contribution in [3.8, 4) is 5.75 Å². The average molecular weight is 478 g/mol. The van der Waals surface area contributed by atoms with Gasteiger partial charge < -0.3 is 20.1 Å². The van der Waals surface area contributed by atoms with Gasteiger partial charge in [0, 0.05) is 17.7 Å². The number of hydrogen-bond donors (Lipinski definition) is 2. The number of benzene rings is 2. The topological polar surface area (TPSA) is 123 Å². The van der Waals surface area contributed by atoms with Gasteiger partial charge in [0.25, 0.3) is 0 Å². The molecule has 0 heterocycles. The average Bonchev–Trinajstić information content (AvgIpc) is 2.77. The van der Waals surface area contributed by atoms with Gasteiger partial charge in [-0.1, -0.05) is 18.2 Å². The van der Waals surface area contributed by atoms with E-state index >= 15 is 0 Å². The molecule has 2 aromatic rings. The number of carbonyl (C=O) groups excluding carboxylic acids is 3. The summed E-state index contributed by atoms with van der Waals surface area (Å²) in [5.41, 5.74) is 6.75. The van der Waals surface area contributed by atoms with Crippen molar-refractivity contribution in [1.29, 1.82) is 5.41 Å². The maximum absolute atomic E-state index is 12.9. The van der Waals surface area contributed by atoms with Crippen LogP contribution >= 0.6 is 0 Å². The van der Waals surface area contributed by atoms with E-state index in [0.717, 1.165) is 0 Å². The first-order chi connectivity index (χ1) is 16.4. The first kappa shape index (κ1) is 27.0. The van der Waals surface area contributed by atoms with Crippen LogP contribution in [0.2, 0.25) is 0 Å². The molecule has 0 saturated heterocycles. The van der Waals surface area contributed by atoms with Crippen LogP contribution in [0.4, 0.5) is 0 Å². The maximum Gasteiger partial charge on any atom is 0.343 e. The van der Waals surface area contributed by atoms with E-state index in [0.29, 0.717) is 28.0 Å². The molecule has 184 valence electrons. The van der Waals surface area contributed by atoms with E-state index in [-0.39, 0.29) is 24.8 Å². The monoisotopic (exact) mass is 477 g/mol. The van der Waals surface area contributed by atoms with E-state index in [1.807, 2.05) is 0 Å². The van der Waals surface area contributed by atoms with Crippen molar-refractivity contribution < 1.29 is 23.9 Å². The minimum atomic E-state index is -0.647. The summed E-state index contributed by atoms with van der Waals surface area (Å²) in [4.78, 5) is 38.8. The lowest BCUT2D eigenvalue weighted by atomic mass is 10.1. The predicted octanol–water partition coefficient (Wildman–Crippen LogP) is 3.95. The molecular weight excluding hydrogens is 446 g/mol.